The first-order valence-corrected chi connectivity index (χ1v) is 6.13. The van der Waals surface area contributed by atoms with Crippen LogP contribution in [-0.2, 0) is 6.42 Å². The van der Waals surface area contributed by atoms with Gasteiger partial charge >= 0.3 is 0 Å². The van der Waals surface area contributed by atoms with Crippen molar-refractivity contribution in [1.29, 1.82) is 0 Å². The zero-order chi connectivity index (χ0) is 11.6. The van der Waals surface area contributed by atoms with Crippen LogP contribution >= 0.6 is 11.6 Å². The first-order valence-electron chi connectivity index (χ1n) is 5.75. The van der Waals surface area contributed by atoms with Crippen molar-refractivity contribution in [3.05, 3.63) is 34.9 Å². The minimum Gasteiger partial charge on any atom is -0.315 e. The number of halogens is 1. The molecule has 1 atom stereocenters. The van der Waals surface area contributed by atoms with Gasteiger partial charge < -0.3 is 10.2 Å². The van der Waals surface area contributed by atoms with Crippen molar-refractivity contribution in [1.82, 2.24) is 10.2 Å². The Labute approximate surface area is 103 Å². The Kier molecular flexibility index (Phi) is 3.53. The summed E-state index contributed by atoms with van der Waals surface area (Å²) in [6, 6.07) is 8.21. The summed E-state index contributed by atoms with van der Waals surface area (Å²) in [5, 5.41) is 4.27. The largest absolute Gasteiger partial charge is 0.315 e. The number of benzene rings is 1. The van der Waals surface area contributed by atoms with Gasteiger partial charge in [0.15, 0.2) is 0 Å². The molecule has 2 nitrogen and oxygen atoms in total. The highest BCUT2D eigenvalue weighted by Gasteiger charge is 2.35. The molecular formula is C13H19ClN2. The molecule has 0 radical (unpaired) electrons. The van der Waals surface area contributed by atoms with E-state index in [9.17, 15) is 0 Å². The fourth-order valence-corrected chi connectivity index (χ4v) is 2.53. The lowest BCUT2D eigenvalue weighted by Crippen LogP contribution is -2.47. The minimum atomic E-state index is 0.272. The molecule has 16 heavy (non-hydrogen) atoms. The smallest absolute Gasteiger partial charge is 0.0406 e. The molecular weight excluding hydrogens is 220 g/mol. The molecule has 2 rings (SSSR count). The molecule has 88 valence electrons. The molecule has 1 fully saturated rings. The van der Waals surface area contributed by atoms with Crippen molar-refractivity contribution in [3.63, 3.8) is 0 Å². The van der Waals surface area contributed by atoms with E-state index in [1.54, 1.807) is 0 Å². The Bertz CT molecular complexity index is 339. The van der Waals surface area contributed by atoms with Crippen LogP contribution in [0.4, 0.5) is 0 Å². The molecule has 1 aromatic rings. The van der Waals surface area contributed by atoms with E-state index in [-0.39, 0.29) is 5.54 Å². The number of hydrogen-bond acceptors (Lipinski definition) is 2. The molecule has 0 spiro atoms. The third kappa shape index (κ3) is 2.40. The van der Waals surface area contributed by atoms with Gasteiger partial charge in [0.2, 0.25) is 0 Å². The van der Waals surface area contributed by atoms with Crippen molar-refractivity contribution in [3.8, 4) is 0 Å². The Morgan fingerprint density at radius 1 is 1.31 bits per heavy atom. The van der Waals surface area contributed by atoms with E-state index in [2.05, 4.69) is 36.4 Å². The quantitative estimate of drug-likeness (QED) is 0.869. The van der Waals surface area contributed by atoms with Gasteiger partial charge in [0.1, 0.15) is 0 Å². The van der Waals surface area contributed by atoms with Gasteiger partial charge in [-0.1, -0.05) is 23.7 Å². The molecule has 1 aliphatic heterocycles. The molecule has 1 unspecified atom stereocenters. The highest BCUT2D eigenvalue weighted by atomic mass is 35.5. The summed E-state index contributed by atoms with van der Waals surface area (Å²) in [6.45, 7) is 2.19. The SMILES string of the molecule is CN(C)C1(Cc2ccc(Cl)cc2)CCNC1. The molecule has 0 aromatic heterocycles. The average molecular weight is 239 g/mol. The Morgan fingerprint density at radius 2 is 2.00 bits per heavy atom. The van der Waals surface area contributed by atoms with Crippen molar-refractivity contribution in [2.24, 2.45) is 0 Å². The predicted octanol–water partition coefficient (Wildman–Crippen LogP) is 2.18. The number of nitrogens with one attached hydrogen (secondary N) is 1. The van der Waals surface area contributed by atoms with Crippen LogP contribution in [0.1, 0.15) is 12.0 Å². The molecule has 3 heteroatoms. The molecule has 0 aliphatic carbocycles. The number of nitrogens with zero attached hydrogens (tertiary/aromatic N) is 1. The van der Waals surface area contributed by atoms with E-state index in [1.165, 1.54) is 12.0 Å². The predicted molar refractivity (Wildman–Crippen MR) is 69.1 cm³/mol. The van der Waals surface area contributed by atoms with Crippen molar-refractivity contribution < 1.29 is 0 Å². The van der Waals surface area contributed by atoms with E-state index >= 15 is 0 Å². The van der Waals surface area contributed by atoms with Gasteiger partial charge in [0, 0.05) is 17.1 Å². The molecule has 1 N–H and O–H groups in total. The zero-order valence-corrected chi connectivity index (χ0v) is 10.7. The molecule has 1 heterocycles. The van der Waals surface area contributed by atoms with Crippen molar-refractivity contribution in [2.45, 2.75) is 18.4 Å². The minimum absolute atomic E-state index is 0.272. The van der Waals surface area contributed by atoms with E-state index in [4.69, 9.17) is 11.6 Å². The van der Waals surface area contributed by atoms with Crippen LogP contribution in [0.2, 0.25) is 5.02 Å². The topological polar surface area (TPSA) is 15.3 Å². The third-order valence-corrected chi connectivity index (χ3v) is 3.87. The van der Waals surface area contributed by atoms with Gasteiger partial charge in [-0.15, -0.1) is 0 Å². The normalized spacial score (nSPS) is 25.2. The first-order chi connectivity index (χ1) is 7.62. The molecule has 1 aromatic carbocycles. The van der Waals surface area contributed by atoms with E-state index < -0.39 is 0 Å². The molecule has 0 amide bonds. The van der Waals surface area contributed by atoms with Gasteiger partial charge in [-0.3, -0.25) is 0 Å². The van der Waals surface area contributed by atoms with Crippen LogP contribution in [-0.4, -0.2) is 37.6 Å². The summed E-state index contributed by atoms with van der Waals surface area (Å²) in [4.78, 5) is 2.35. The lowest BCUT2D eigenvalue weighted by molar-refractivity contribution is 0.172. The highest BCUT2D eigenvalue weighted by molar-refractivity contribution is 6.30. The number of hydrogen-bond donors (Lipinski definition) is 1. The van der Waals surface area contributed by atoms with Gasteiger partial charge in [-0.2, -0.15) is 0 Å². The lowest BCUT2D eigenvalue weighted by Gasteiger charge is -2.35. The highest BCUT2D eigenvalue weighted by Crippen LogP contribution is 2.26. The second kappa shape index (κ2) is 4.74. The van der Waals surface area contributed by atoms with Crippen molar-refractivity contribution >= 4 is 11.6 Å². The van der Waals surface area contributed by atoms with Crippen molar-refractivity contribution in [2.75, 3.05) is 27.2 Å². The zero-order valence-electron chi connectivity index (χ0n) is 9.96. The van der Waals surface area contributed by atoms with Crippen LogP contribution in [0.25, 0.3) is 0 Å². The first kappa shape index (κ1) is 11.9. The Hall–Kier alpha value is -0.570. The maximum atomic E-state index is 5.90. The standard InChI is InChI=1S/C13H19ClN2/c1-16(2)13(7-8-15-10-13)9-11-3-5-12(14)6-4-11/h3-6,15H,7-10H2,1-2H3. The second-order valence-corrected chi connectivity index (χ2v) is 5.29. The Balaban J connectivity index is 2.14. The van der Waals surface area contributed by atoms with Crippen LogP contribution < -0.4 is 5.32 Å². The second-order valence-electron chi connectivity index (χ2n) is 4.85. The van der Waals surface area contributed by atoms with Crippen LogP contribution in [0, 0.1) is 0 Å². The van der Waals surface area contributed by atoms with Gasteiger partial charge in [0.25, 0.3) is 0 Å². The maximum absolute atomic E-state index is 5.90. The van der Waals surface area contributed by atoms with Gasteiger partial charge in [0.05, 0.1) is 0 Å². The van der Waals surface area contributed by atoms with Gasteiger partial charge in [-0.25, -0.2) is 0 Å². The number of likely N-dealkylation sites (N-methyl/N-ethyl adjacent to an activating group) is 1. The Morgan fingerprint density at radius 3 is 2.50 bits per heavy atom. The fraction of sp³-hybridized carbons (Fsp3) is 0.538. The lowest BCUT2D eigenvalue weighted by atomic mass is 9.89. The fourth-order valence-electron chi connectivity index (χ4n) is 2.40. The summed E-state index contributed by atoms with van der Waals surface area (Å²) in [7, 11) is 4.34. The summed E-state index contributed by atoms with van der Waals surface area (Å²) < 4.78 is 0. The summed E-state index contributed by atoms with van der Waals surface area (Å²) in [5.41, 5.74) is 1.63. The van der Waals surface area contributed by atoms with Crippen LogP contribution in [0.5, 0.6) is 0 Å². The van der Waals surface area contributed by atoms with Crippen LogP contribution in [0.15, 0.2) is 24.3 Å². The van der Waals surface area contributed by atoms with Gasteiger partial charge in [-0.05, 0) is 51.2 Å². The molecule has 0 saturated carbocycles. The summed E-state index contributed by atoms with van der Waals surface area (Å²) in [5.74, 6) is 0. The average Bonchev–Trinajstić information content (AvgIpc) is 2.71. The number of rotatable bonds is 3. The van der Waals surface area contributed by atoms with Crippen LogP contribution in [0.3, 0.4) is 0 Å². The summed E-state index contributed by atoms with van der Waals surface area (Å²) >= 11 is 5.90. The van der Waals surface area contributed by atoms with E-state index in [1.807, 2.05) is 12.1 Å². The van der Waals surface area contributed by atoms with E-state index in [0.717, 1.165) is 24.5 Å². The monoisotopic (exact) mass is 238 g/mol. The maximum Gasteiger partial charge on any atom is 0.0406 e. The van der Waals surface area contributed by atoms with E-state index in [0.29, 0.717) is 0 Å². The summed E-state index contributed by atoms with van der Waals surface area (Å²) in [6.07, 6.45) is 2.30. The molecule has 0 bridgehead atoms. The molecule has 1 saturated heterocycles. The third-order valence-electron chi connectivity index (χ3n) is 3.62. The molecule has 1 aliphatic rings.